The normalized spacial score (nSPS) is 32.2. The van der Waals surface area contributed by atoms with Gasteiger partial charge in [0.25, 0.3) is 0 Å². The van der Waals surface area contributed by atoms with Gasteiger partial charge in [-0.3, -0.25) is 14.6 Å². The number of fused-ring (bicyclic) bond motifs is 2. The minimum Gasteiger partial charge on any atom is -0.463 e. The number of esters is 1. The molecular weight excluding hydrogens is 288 g/mol. The molecule has 23 heavy (non-hydrogen) atoms. The second kappa shape index (κ2) is 6.25. The molecule has 0 spiro atoms. The molecule has 2 saturated heterocycles. The Morgan fingerprint density at radius 3 is 2.87 bits per heavy atom. The highest BCUT2D eigenvalue weighted by atomic mass is 16.5. The summed E-state index contributed by atoms with van der Waals surface area (Å²) in [5, 5.41) is 0. The first-order valence-electron chi connectivity index (χ1n) is 9.01. The third-order valence-electron chi connectivity index (χ3n) is 5.65. The Hall–Kier alpha value is -1.39. The number of piperidine rings is 1. The zero-order valence-electron chi connectivity index (χ0n) is 13.9. The Morgan fingerprint density at radius 2 is 2.13 bits per heavy atom. The van der Waals surface area contributed by atoms with Gasteiger partial charge in [0.2, 0.25) is 0 Å². The van der Waals surface area contributed by atoms with Crippen molar-refractivity contribution in [3.05, 3.63) is 35.4 Å². The summed E-state index contributed by atoms with van der Waals surface area (Å²) in [4.78, 5) is 17.4. The van der Waals surface area contributed by atoms with Gasteiger partial charge < -0.3 is 4.74 Å². The molecule has 0 saturated carbocycles. The number of ether oxygens (including phenoxy) is 1. The summed E-state index contributed by atoms with van der Waals surface area (Å²) in [6.45, 7) is 5.75. The van der Waals surface area contributed by atoms with E-state index in [1.54, 1.807) is 0 Å². The largest absolute Gasteiger partial charge is 0.463 e. The van der Waals surface area contributed by atoms with Crippen LogP contribution in [0.15, 0.2) is 24.3 Å². The highest BCUT2D eigenvalue weighted by Crippen LogP contribution is 2.38. The van der Waals surface area contributed by atoms with E-state index < -0.39 is 0 Å². The summed E-state index contributed by atoms with van der Waals surface area (Å²) in [5.41, 5.74) is 2.65. The number of carbonyl (C=O) groups excluding carboxylic acids is 1. The Bertz CT molecular complexity index is 578. The van der Waals surface area contributed by atoms with Gasteiger partial charge in [0.15, 0.2) is 0 Å². The SMILES string of the molecule is CCCN1Cc2ccccc2CC1C(=O)OCC1C2CCCN21. The molecule has 124 valence electrons. The van der Waals surface area contributed by atoms with E-state index in [0.29, 0.717) is 18.7 Å². The van der Waals surface area contributed by atoms with E-state index in [0.717, 1.165) is 25.9 Å². The lowest BCUT2D eigenvalue weighted by Gasteiger charge is -2.35. The number of hydrogen-bond donors (Lipinski definition) is 0. The fourth-order valence-electron chi connectivity index (χ4n) is 4.37. The molecule has 0 aliphatic carbocycles. The van der Waals surface area contributed by atoms with Crippen LogP contribution in [0.1, 0.15) is 37.3 Å². The fraction of sp³-hybridized carbons (Fsp3) is 0.632. The second-order valence-corrected chi connectivity index (χ2v) is 7.10. The van der Waals surface area contributed by atoms with Crippen LogP contribution in [-0.2, 0) is 22.5 Å². The van der Waals surface area contributed by atoms with Crippen LogP contribution >= 0.6 is 0 Å². The Kier molecular flexibility index (Phi) is 4.12. The monoisotopic (exact) mass is 314 g/mol. The molecule has 4 nitrogen and oxygen atoms in total. The smallest absolute Gasteiger partial charge is 0.323 e. The number of nitrogens with zero attached hydrogens (tertiary/aromatic N) is 2. The number of rotatable bonds is 5. The number of benzene rings is 1. The zero-order valence-corrected chi connectivity index (χ0v) is 13.9. The average Bonchev–Trinajstić information content (AvgIpc) is 3.00. The van der Waals surface area contributed by atoms with Crippen LogP contribution in [-0.4, -0.2) is 53.6 Å². The van der Waals surface area contributed by atoms with Gasteiger partial charge in [-0.05, 0) is 49.9 Å². The number of carbonyl (C=O) groups is 1. The van der Waals surface area contributed by atoms with Crippen molar-refractivity contribution in [2.75, 3.05) is 19.7 Å². The summed E-state index contributed by atoms with van der Waals surface area (Å²) in [7, 11) is 0. The molecule has 0 aromatic heterocycles. The van der Waals surface area contributed by atoms with Gasteiger partial charge >= 0.3 is 5.97 Å². The maximum absolute atomic E-state index is 12.7. The molecule has 4 heteroatoms. The molecule has 3 heterocycles. The lowest BCUT2D eigenvalue weighted by atomic mass is 9.94. The topological polar surface area (TPSA) is 32.6 Å². The van der Waals surface area contributed by atoms with E-state index in [1.165, 1.54) is 30.5 Å². The maximum Gasteiger partial charge on any atom is 0.323 e. The van der Waals surface area contributed by atoms with Crippen molar-refractivity contribution in [1.29, 1.82) is 0 Å². The molecule has 4 atom stereocenters. The van der Waals surface area contributed by atoms with Crippen molar-refractivity contribution < 1.29 is 9.53 Å². The Balaban J connectivity index is 1.40. The van der Waals surface area contributed by atoms with E-state index in [2.05, 4.69) is 41.0 Å². The highest BCUT2D eigenvalue weighted by Gasteiger charge is 2.50. The number of hydrogen-bond acceptors (Lipinski definition) is 4. The molecule has 0 N–H and O–H groups in total. The molecule has 1 aromatic carbocycles. The minimum absolute atomic E-state index is 0.0286. The zero-order chi connectivity index (χ0) is 15.8. The van der Waals surface area contributed by atoms with Crippen molar-refractivity contribution in [3.8, 4) is 0 Å². The fourth-order valence-corrected chi connectivity index (χ4v) is 4.37. The molecule has 4 rings (SSSR count). The quantitative estimate of drug-likeness (QED) is 0.616. The summed E-state index contributed by atoms with van der Waals surface area (Å²) < 4.78 is 5.71. The van der Waals surface area contributed by atoms with Gasteiger partial charge in [-0.25, -0.2) is 0 Å². The molecule has 4 unspecified atom stereocenters. The van der Waals surface area contributed by atoms with Crippen LogP contribution in [0.2, 0.25) is 0 Å². The molecule has 0 amide bonds. The third-order valence-corrected chi connectivity index (χ3v) is 5.65. The predicted octanol–water partition coefficient (Wildman–Crippen LogP) is 2.21. The lowest BCUT2D eigenvalue weighted by molar-refractivity contribution is -0.151. The Morgan fingerprint density at radius 1 is 1.30 bits per heavy atom. The highest BCUT2D eigenvalue weighted by molar-refractivity contribution is 5.76. The van der Waals surface area contributed by atoms with Crippen molar-refractivity contribution >= 4 is 5.97 Å². The van der Waals surface area contributed by atoms with Crippen LogP contribution in [0, 0.1) is 0 Å². The van der Waals surface area contributed by atoms with Gasteiger partial charge in [-0.1, -0.05) is 31.2 Å². The van der Waals surface area contributed by atoms with Gasteiger partial charge in [0.1, 0.15) is 12.6 Å². The van der Waals surface area contributed by atoms with Crippen molar-refractivity contribution in [3.63, 3.8) is 0 Å². The standard InChI is InChI=1S/C19H26N2O2/c1-2-9-20-12-15-7-4-3-6-14(15)11-17(20)19(22)23-13-18-16-8-5-10-21(16)18/h3-4,6-7,16-18H,2,5,8-13H2,1H3. The first-order chi connectivity index (χ1) is 11.3. The average molecular weight is 314 g/mol. The maximum atomic E-state index is 12.7. The Labute approximate surface area is 138 Å². The lowest BCUT2D eigenvalue weighted by Crippen LogP contribution is -2.47. The summed E-state index contributed by atoms with van der Waals surface area (Å²) >= 11 is 0. The minimum atomic E-state index is -0.113. The van der Waals surface area contributed by atoms with E-state index in [-0.39, 0.29) is 12.0 Å². The van der Waals surface area contributed by atoms with E-state index in [9.17, 15) is 4.79 Å². The van der Waals surface area contributed by atoms with Crippen molar-refractivity contribution in [1.82, 2.24) is 9.80 Å². The van der Waals surface area contributed by atoms with Gasteiger partial charge in [0, 0.05) is 12.6 Å². The van der Waals surface area contributed by atoms with Crippen LogP contribution < -0.4 is 0 Å². The van der Waals surface area contributed by atoms with Crippen LogP contribution in [0.25, 0.3) is 0 Å². The molecule has 3 aliphatic rings. The molecule has 2 fully saturated rings. The molecule has 3 aliphatic heterocycles. The molecule has 1 aromatic rings. The van der Waals surface area contributed by atoms with Gasteiger partial charge in [0.05, 0.1) is 6.04 Å². The molecular formula is C19H26N2O2. The molecule has 0 bridgehead atoms. The molecule has 0 radical (unpaired) electrons. The van der Waals surface area contributed by atoms with Crippen LogP contribution in [0.3, 0.4) is 0 Å². The van der Waals surface area contributed by atoms with Crippen LogP contribution in [0.5, 0.6) is 0 Å². The second-order valence-electron chi connectivity index (χ2n) is 7.10. The third kappa shape index (κ3) is 2.90. The first kappa shape index (κ1) is 15.2. The van der Waals surface area contributed by atoms with Gasteiger partial charge in [-0.15, -0.1) is 0 Å². The predicted molar refractivity (Wildman–Crippen MR) is 89.1 cm³/mol. The van der Waals surface area contributed by atoms with Crippen molar-refractivity contribution in [2.24, 2.45) is 0 Å². The van der Waals surface area contributed by atoms with Gasteiger partial charge in [-0.2, -0.15) is 0 Å². The van der Waals surface area contributed by atoms with Crippen LogP contribution in [0.4, 0.5) is 0 Å². The summed E-state index contributed by atoms with van der Waals surface area (Å²) in [6, 6.07) is 9.56. The summed E-state index contributed by atoms with van der Waals surface area (Å²) in [6.07, 6.45) is 4.43. The first-order valence-corrected chi connectivity index (χ1v) is 9.01. The van der Waals surface area contributed by atoms with Crippen molar-refractivity contribution in [2.45, 2.75) is 57.3 Å². The van der Waals surface area contributed by atoms with E-state index in [1.807, 2.05) is 0 Å². The van der Waals surface area contributed by atoms with E-state index >= 15 is 0 Å². The van der Waals surface area contributed by atoms with E-state index in [4.69, 9.17) is 4.74 Å². The summed E-state index contributed by atoms with van der Waals surface area (Å²) in [5.74, 6) is -0.0286.